The summed E-state index contributed by atoms with van der Waals surface area (Å²) >= 11 is 5.27. The second-order valence-corrected chi connectivity index (χ2v) is 20.3. The highest BCUT2D eigenvalue weighted by Crippen LogP contribution is 2.47. The number of fused-ring (bicyclic) bond motifs is 9. The normalized spacial score (nSPS) is 11.6. The molecule has 3 heterocycles. The minimum Gasteiger partial charge on any atom is -0.455 e. The van der Waals surface area contributed by atoms with Gasteiger partial charge in [0.05, 0.1) is 22.4 Å². The van der Waals surface area contributed by atoms with Crippen molar-refractivity contribution in [1.82, 2.24) is 4.57 Å². The van der Waals surface area contributed by atoms with Crippen LogP contribution in [0.15, 0.2) is 294 Å². The van der Waals surface area contributed by atoms with E-state index in [1.54, 1.807) is 0 Å². The maximum Gasteiger partial charge on any atom is 0.143 e. The molecular formula is C72H48N4O2S. The van der Waals surface area contributed by atoms with Crippen molar-refractivity contribution >= 4 is 124 Å². The summed E-state index contributed by atoms with van der Waals surface area (Å²) in [6.07, 6.45) is 0. The van der Waals surface area contributed by atoms with E-state index in [2.05, 4.69) is 299 Å². The van der Waals surface area contributed by atoms with Crippen molar-refractivity contribution in [2.75, 3.05) is 14.1 Å². The van der Waals surface area contributed by atoms with E-state index in [1.165, 1.54) is 10.8 Å². The molecule has 15 aromatic rings. The first-order chi connectivity index (χ1) is 39.1. The second kappa shape index (κ2) is 19.1. The van der Waals surface area contributed by atoms with E-state index in [4.69, 9.17) is 21.6 Å². The first-order valence-electron chi connectivity index (χ1n) is 26.5. The lowest BCUT2D eigenvalue weighted by Crippen LogP contribution is -2.11. The summed E-state index contributed by atoms with van der Waals surface area (Å²) in [7, 11) is 0. The Kier molecular flexibility index (Phi) is 11.2. The average Bonchev–Trinajstić information content (AvgIpc) is 4.36. The van der Waals surface area contributed by atoms with Gasteiger partial charge >= 0.3 is 0 Å². The van der Waals surface area contributed by atoms with Gasteiger partial charge in [-0.2, -0.15) is 0 Å². The minimum absolute atomic E-state index is 0.792. The number of thiol groups is 1. The van der Waals surface area contributed by atoms with Gasteiger partial charge in [0.15, 0.2) is 0 Å². The molecule has 0 fully saturated rings. The molecule has 0 unspecified atom stereocenters. The molecule has 0 amide bonds. The van der Waals surface area contributed by atoms with Crippen molar-refractivity contribution < 1.29 is 8.83 Å². The van der Waals surface area contributed by atoms with Crippen molar-refractivity contribution in [3.63, 3.8) is 0 Å². The van der Waals surface area contributed by atoms with Gasteiger partial charge < -0.3 is 23.2 Å². The van der Waals surface area contributed by atoms with Crippen molar-refractivity contribution in [2.45, 2.75) is 0 Å². The van der Waals surface area contributed by atoms with Crippen molar-refractivity contribution in [2.24, 2.45) is 0 Å². The Morgan fingerprint density at radius 3 is 1.32 bits per heavy atom. The molecule has 0 radical (unpaired) electrons. The van der Waals surface area contributed by atoms with E-state index in [0.717, 1.165) is 128 Å². The molecule has 0 N–H and O–H groups in total. The molecule has 0 aliphatic carbocycles. The van der Waals surface area contributed by atoms with Gasteiger partial charge in [-0.05, 0) is 133 Å². The molecule has 0 aliphatic heterocycles. The molecule has 0 bridgehead atoms. The molecular weight excluding hydrogens is 985 g/mol. The van der Waals surface area contributed by atoms with Gasteiger partial charge in [-0.3, -0.25) is 4.31 Å². The van der Waals surface area contributed by atoms with Gasteiger partial charge in [-0.15, -0.1) is 0 Å². The van der Waals surface area contributed by atoms with E-state index < -0.39 is 0 Å². The maximum absolute atomic E-state index is 6.88. The highest BCUT2D eigenvalue weighted by atomic mass is 32.1. The van der Waals surface area contributed by atoms with Crippen LogP contribution < -0.4 is 14.1 Å². The quantitative estimate of drug-likeness (QED) is 0.131. The Morgan fingerprint density at radius 2 is 0.734 bits per heavy atom. The summed E-state index contributed by atoms with van der Waals surface area (Å²) in [6, 6.07) is 100. The largest absolute Gasteiger partial charge is 0.455 e. The predicted molar refractivity (Wildman–Crippen MR) is 333 cm³/mol. The highest BCUT2D eigenvalue weighted by Gasteiger charge is 2.23. The van der Waals surface area contributed by atoms with Gasteiger partial charge in [0.1, 0.15) is 22.3 Å². The van der Waals surface area contributed by atoms with Crippen molar-refractivity contribution in [3.05, 3.63) is 285 Å². The van der Waals surface area contributed by atoms with Gasteiger partial charge in [-0.1, -0.05) is 171 Å². The molecule has 6 nitrogen and oxygen atoms in total. The van der Waals surface area contributed by atoms with Crippen LogP contribution >= 0.6 is 12.8 Å². The van der Waals surface area contributed by atoms with Crippen LogP contribution in [0.1, 0.15) is 0 Å². The molecule has 12 aromatic carbocycles. The molecule has 0 saturated heterocycles. The Labute approximate surface area is 462 Å². The van der Waals surface area contributed by atoms with Crippen molar-refractivity contribution in [1.29, 1.82) is 0 Å². The number of anilines is 8. The summed E-state index contributed by atoms with van der Waals surface area (Å²) in [6.45, 7) is 0. The molecule has 374 valence electrons. The number of aromatic nitrogens is 1. The fraction of sp³-hybridized carbons (Fsp3) is 0. The number of nitrogens with zero attached hydrogens (tertiary/aromatic N) is 4. The Morgan fingerprint density at radius 1 is 0.291 bits per heavy atom. The van der Waals surface area contributed by atoms with Crippen LogP contribution in [0.5, 0.6) is 0 Å². The monoisotopic (exact) mass is 1030 g/mol. The van der Waals surface area contributed by atoms with Crippen LogP contribution in [-0.2, 0) is 0 Å². The number of rotatable bonds is 11. The lowest BCUT2D eigenvalue weighted by atomic mass is 9.99. The van der Waals surface area contributed by atoms with Crippen LogP contribution in [0.4, 0.5) is 45.5 Å². The topological polar surface area (TPSA) is 40.9 Å². The zero-order valence-corrected chi connectivity index (χ0v) is 43.6. The third kappa shape index (κ3) is 7.89. The molecule has 0 atom stereocenters. The molecule has 0 saturated carbocycles. The van der Waals surface area contributed by atoms with E-state index in [1.807, 2.05) is 4.31 Å². The lowest BCUT2D eigenvalue weighted by Gasteiger charge is -2.28. The number of benzene rings is 12. The standard InChI is InChI=1S/C72H48N4O2S/c79-76(68-41-37-53(44-62(68)48-20-6-1-7-21-48)73(49-22-8-2-9-23-49)50-24-10-3-11-25-50)56-39-43-70-65(47-56)61-34-19-32-59(72(61)78-70)58-31-18-33-60-64-46-55(38-42-69(64)77-71(58)60)75-66-35-17-16-30-57(66)63-45-54(36-40-67(63)75)74(51-26-12-4-13-27-51)52-28-14-5-15-29-52/h1-47,79H. The number of hydrogen-bond donors (Lipinski definition) is 1. The molecule has 0 aliphatic rings. The summed E-state index contributed by atoms with van der Waals surface area (Å²) in [5.74, 6) is 0. The minimum atomic E-state index is 0.792. The Bertz CT molecular complexity index is 4670. The fourth-order valence-electron chi connectivity index (χ4n) is 11.7. The van der Waals surface area contributed by atoms with E-state index in [-0.39, 0.29) is 0 Å². The summed E-state index contributed by atoms with van der Waals surface area (Å²) in [5, 5.41) is 6.46. The smallest absolute Gasteiger partial charge is 0.143 e. The van der Waals surface area contributed by atoms with Crippen LogP contribution in [0.25, 0.3) is 93.6 Å². The third-order valence-corrected chi connectivity index (χ3v) is 15.7. The van der Waals surface area contributed by atoms with Gasteiger partial charge in [-0.25, -0.2) is 0 Å². The molecule has 7 heteroatoms. The van der Waals surface area contributed by atoms with Gasteiger partial charge in [0.2, 0.25) is 0 Å². The third-order valence-electron chi connectivity index (χ3n) is 15.3. The zero-order chi connectivity index (χ0) is 52.4. The second-order valence-electron chi connectivity index (χ2n) is 19.9. The summed E-state index contributed by atoms with van der Waals surface area (Å²) in [4.78, 5) is 4.61. The number of para-hydroxylation sites is 7. The van der Waals surface area contributed by atoms with E-state index >= 15 is 0 Å². The lowest BCUT2D eigenvalue weighted by molar-refractivity contribution is 0.665. The molecule has 79 heavy (non-hydrogen) atoms. The summed E-state index contributed by atoms with van der Waals surface area (Å²) in [5.41, 5.74) is 19.0. The van der Waals surface area contributed by atoms with Crippen molar-refractivity contribution in [3.8, 4) is 27.9 Å². The SMILES string of the molecule is SN(c1ccc2oc3c(-c4cccc5c4oc4ccc(-n6c7ccccc7c7cc(N(c8ccccc8)c8ccccc8)ccc76)cc45)cccc3c2c1)c1ccc(N(c2ccccc2)c2ccccc2)cc1-c1ccccc1. The Balaban J connectivity index is 0.805. The van der Waals surface area contributed by atoms with Gasteiger partial charge in [0.25, 0.3) is 0 Å². The van der Waals surface area contributed by atoms with Gasteiger partial charge in [0, 0.05) is 88.8 Å². The fourth-order valence-corrected chi connectivity index (χ4v) is 12.0. The Hall–Kier alpha value is -10.2. The average molecular weight is 1030 g/mol. The molecule has 3 aromatic heterocycles. The first-order valence-corrected chi connectivity index (χ1v) is 26.9. The summed E-state index contributed by atoms with van der Waals surface area (Å²) < 4.78 is 18.1. The predicted octanol–water partition coefficient (Wildman–Crippen LogP) is 20.8. The number of furan rings is 2. The van der Waals surface area contributed by atoms with Crippen LogP contribution in [0.3, 0.4) is 0 Å². The first kappa shape index (κ1) is 46.1. The molecule has 15 rings (SSSR count). The number of hydrogen-bond acceptors (Lipinski definition) is 6. The van der Waals surface area contributed by atoms with E-state index in [0.29, 0.717) is 0 Å². The zero-order valence-electron chi connectivity index (χ0n) is 42.7. The van der Waals surface area contributed by atoms with E-state index in [9.17, 15) is 0 Å². The molecule has 0 spiro atoms. The maximum atomic E-state index is 6.88. The highest BCUT2D eigenvalue weighted by molar-refractivity contribution is 7.82. The van der Waals surface area contributed by atoms with Crippen LogP contribution in [-0.4, -0.2) is 4.57 Å². The van der Waals surface area contributed by atoms with Crippen LogP contribution in [0, 0.1) is 0 Å². The van der Waals surface area contributed by atoms with Crippen LogP contribution in [0.2, 0.25) is 0 Å².